The van der Waals surface area contributed by atoms with E-state index in [1.54, 1.807) is 18.7 Å². The molecule has 3 atom stereocenters. The average Bonchev–Trinajstić information content (AvgIpc) is 2.51. The number of carbonyl (C=O) groups is 2. The van der Waals surface area contributed by atoms with E-state index in [0.29, 0.717) is 12.2 Å². The molecule has 2 aliphatic rings. The number of hydrogen-bond acceptors (Lipinski definition) is 5. The first-order valence-corrected chi connectivity index (χ1v) is 8.50. The van der Waals surface area contributed by atoms with Crippen LogP contribution >= 0.6 is 11.8 Å². The van der Waals surface area contributed by atoms with Crippen LogP contribution in [0.15, 0.2) is 12.1 Å². The van der Waals surface area contributed by atoms with Crippen molar-refractivity contribution in [3.05, 3.63) is 28.8 Å². The molecule has 0 aromatic heterocycles. The summed E-state index contributed by atoms with van der Waals surface area (Å²) in [6.07, 6.45) is 0.322. The van der Waals surface area contributed by atoms with Gasteiger partial charge in [-0.05, 0) is 37.0 Å². The Hall–Kier alpha value is -1.73. The third-order valence-corrected chi connectivity index (χ3v) is 6.34. The number of aryl methyl sites for hydroxylation is 2. The number of amides is 1. The van der Waals surface area contributed by atoms with Crippen LogP contribution in [0.3, 0.4) is 0 Å². The van der Waals surface area contributed by atoms with Gasteiger partial charge in [0, 0.05) is 12.3 Å². The molecule has 2 aliphatic heterocycles. The molecule has 3 rings (SSSR count). The van der Waals surface area contributed by atoms with Gasteiger partial charge in [-0.1, -0.05) is 12.1 Å². The van der Waals surface area contributed by atoms with Crippen molar-refractivity contribution in [3.8, 4) is 5.75 Å². The first-order valence-electron chi connectivity index (χ1n) is 7.45. The number of nitrogens with two attached hydrogens (primary N) is 1. The van der Waals surface area contributed by atoms with Crippen LogP contribution < -0.4 is 5.73 Å². The van der Waals surface area contributed by atoms with E-state index in [2.05, 4.69) is 0 Å². The summed E-state index contributed by atoms with van der Waals surface area (Å²) < 4.78 is 0. The van der Waals surface area contributed by atoms with Crippen molar-refractivity contribution < 1.29 is 19.8 Å². The molecule has 2 fully saturated rings. The Labute approximate surface area is 138 Å². The molecule has 6 nitrogen and oxygen atoms in total. The Balaban J connectivity index is 1.88. The highest BCUT2D eigenvalue weighted by atomic mass is 32.2. The molecule has 0 radical (unpaired) electrons. The molecular weight excluding hydrogens is 316 g/mol. The molecule has 2 unspecified atom stereocenters. The smallest absolute Gasteiger partial charge is 0.312 e. The van der Waals surface area contributed by atoms with Crippen molar-refractivity contribution in [3.63, 3.8) is 0 Å². The second kappa shape index (κ2) is 5.42. The van der Waals surface area contributed by atoms with Gasteiger partial charge in [-0.25, -0.2) is 0 Å². The highest BCUT2D eigenvalue weighted by Gasteiger charge is 2.55. The summed E-state index contributed by atoms with van der Waals surface area (Å²) in [5, 5.41) is 19.6. The lowest BCUT2D eigenvalue weighted by Crippen LogP contribution is -2.72. The molecule has 1 aromatic rings. The van der Waals surface area contributed by atoms with Crippen LogP contribution in [0.2, 0.25) is 0 Å². The Morgan fingerprint density at radius 1 is 1.43 bits per heavy atom. The van der Waals surface area contributed by atoms with Crippen molar-refractivity contribution in [1.29, 1.82) is 0 Å². The Kier molecular flexibility index (Phi) is 3.80. The van der Waals surface area contributed by atoms with Gasteiger partial charge >= 0.3 is 5.97 Å². The number of phenols is 1. The molecule has 7 heteroatoms. The summed E-state index contributed by atoms with van der Waals surface area (Å²) in [5.74, 6) is -0.421. The van der Waals surface area contributed by atoms with Crippen LogP contribution in [0.25, 0.3) is 0 Å². The van der Waals surface area contributed by atoms with E-state index in [1.165, 1.54) is 11.8 Å². The standard InChI is InChI=1S/C16H20N2O4S/c1-8-3-10(4-9(2)12(8)19)5-16(15(21)22)6-18-13(20)11(17)14(18)23-7-16/h3-4,11,14,19H,5-7,17H2,1-2H3,(H,21,22)/t11?,14-,16?/m1/s1. The summed E-state index contributed by atoms with van der Waals surface area (Å²) in [6, 6.07) is 3.12. The molecule has 2 heterocycles. The maximum atomic E-state index is 12.0. The number of carboxylic acid groups (broad SMARTS) is 1. The molecule has 2 saturated heterocycles. The molecular formula is C16H20N2O4S. The number of carbonyl (C=O) groups excluding carboxylic acids is 1. The van der Waals surface area contributed by atoms with Crippen molar-refractivity contribution in [1.82, 2.24) is 4.90 Å². The summed E-state index contributed by atoms with van der Waals surface area (Å²) in [7, 11) is 0. The molecule has 23 heavy (non-hydrogen) atoms. The number of carboxylic acids is 1. The molecule has 0 saturated carbocycles. The fourth-order valence-corrected chi connectivity index (χ4v) is 4.87. The Morgan fingerprint density at radius 3 is 2.61 bits per heavy atom. The monoisotopic (exact) mass is 336 g/mol. The van der Waals surface area contributed by atoms with E-state index < -0.39 is 17.4 Å². The number of fused-ring (bicyclic) bond motifs is 1. The van der Waals surface area contributed by atoms with E-state index in [0.717, 1.165) is 16.7 Å². The highest BCUT2D eigenvalue weighted by Crippen LogP contribution is 2.43. The van der Waals surface area contributed by atoms with Gasteiger partial charge in [0.25, 0.3) is 0 Å². The molecule has 1 amide bonds. The lowest BCUT2D eigenvalue weighted by atomic mass is 9.80. The second-order valence-corrected chi connectivity index (χ2v) is 7.64. The summed E-state index contributed by atoms with van der Waals surface area (Å²) >= 11 is 1.44. The maximum Gasteiger partial charge on any atom is 0.312 e. The minimum atomic E-state index is -1.02. The van der Waals surface area contributed by atoms with Crippen molar-refractivity contribution in [2.75, 3.05) is 12.3 Å². The van der Waals surface area contributed by atoms with Gasteiger partial charge in [-0.2, -0.15) is 0 Å². The average molecular weight is 336 g/mol. The zero-order chi connectivity index (χ0) is 16.9. The quantitative estimate of drug-likeness (QED) is 0.708. The topological polar surface area (TPSA) is 104 Å². The summed E-state index contributed by atoms with van der Waals surface area (Å²) in [4.78, 5) is 25.4. The minimum Gasteiger partial charge on any atom is -0.507 e. The van der Waals surface area contributed by atoms with Crippen LogP contribution in [0.1, 0.15) is 16.7 Å². The number of aromatic hydroxyl groups is 1. The number of β-lactam (4-membered cyclic amide) rings is 1. The van der Waals surface area contributed by atoms with E-state index in [-0.39, 0.29) is 23.6 Å². The van der Waals surface area contributed by atoms with Crippen molar-refractivity contribution >= 4 is 23.6 Å². The highest BCUT2D eigenvalue weighted by molar-refractivity contribution is 8.00. The number of hydrogen-bond donors (Lipinski definition) is 3. The van der Waals surface area contributed by atoms with Crippen LogP contribution in [-0.4, -0.2) is 50.7 Å². The molecule has 124 valence electrons. The molecule has 1 aromatic carbocycles. The van der Waals surface area contributed by atoms with E-state index in [9.17, 15) is 19.8 Å². The van der Waals surface area contributed by atoms with Gasteiger partial charge in [-0.3, -0.25) is 9.59 Å². The third-order valence-electron chi connectivity index (χ3n) is 4.73. The Morgan fingerprint density at radius 2 is 2.04 bits per heavy atom. The number of aliphatic carboxylic acids is 1. The normalized spacial score (nSPS) is 29.9. The van der Waals surface area contributed by atoms with Gasteiger partial charge in [0.05, 0.1) is 5.41 Å². The zero-order valence-corrected chi connectivity index (χ0v) is 13.9. The first kappa shape index (κ1) is 16.1. The van der Waals surface area contributed by atoms with E-state index in [1.807, 2.05) is 12.1 Å². The van der Waals surface area contributed by atoms with E-state index in [4.69, 9.17) is 5.73 Å². The van der Waals surface area contributed by atoms with Crippen LogP contribution in [0.4, 0.5) is 0 Å². The minimum absolute atomic E-state index is 0.0988. The lowest BCUT2D eigenvalue weighted by Gasteiger charge is -2.52. The molecule has 0 aliphatic carbocycles. The number of nitrogens with zero attached hydrogens (tertiary/aromatic N) is 1. The van der Waals surface area contributed by atoms with E-state index >= 15 is 0 Å². The second-order valence-electron chi connectivity index (χ2n) is 6.53. The van der Waals surface area contributed by atoms with Crippen molar-refractivity contribution in [2.45, 2.75) is 31.7 Å². The third kappa shape index (κ3) is 2.48. The number of phenolic OH excluding ortho intramolecular Hbond substituents is 1. The largest absolute Gasteiger partial charge is 0.507 e. The fraction of sp³-hybridized carbons (Fsp3) is 0.500. The molecule has 0 bridgehead atoms. The van der Waals surface area contributed by atoms with Crippen LogP contribution in [0.5, 0.6) is 5.75 Å². The van der Waals surface area contributed by atoms with Gasteiger partial charge in [-0.15, -0.1) is 11.8 Å². The van der Waals surface area contributed by atoms with Gasteiger partial charge in [0.15, 0.2) is 0 Å². The van der Waals surface area contributed by atoms with Crippen LogP contribution in [0, 0.1) is 19.3 Å². The molecule has 4 N–H and O–H groups in total. The number of thioether (sulfide) groups is 1. The number of rotatable bonds is 3. The Bertz CT molecular complexity index is 670. The predicted molar refractivity (Wildman–Crippen MR) is 87.3 cm³/mol. The summed E-state index contributed by atoms with van der Waals surface area (Å²) in [6.45, 7) is 3.78. The zero-order valence-electron chi connectivity index (χ0n) is 13.1. The van der Waals surface area contributed by atoms with Gasteiger partial charge in [0.1, 0.15) is 17.2 Å². The van der Waals surface area contributed by atoms with Crippen LogP contribution in [-0.2, 0) is 16.0 Å². The van der Waals surface area contributed by atoms with Gasteiger partial charge < -0.3 is 20.8 Å². The molecule has 0 spiro atoms. The maximum absolute atomic E-state index is 12.0. The SMILES string of the molecule is Cc1cc(CC2(C(=O)O)CS[C@@H]3C(N)C(=O)N3C2)cc(C)c1O. The fourth-order valence-electron chi connectivity index (χ4n) is 3.38. The first-order chi connectivity index (χ1) is 10.7. The van der Waals surface area contributed by atoms with Gasteiger partial charge in [0.2, 0.25) is 5.91 Å². The summed E-state index contributed by atoms with van der Waals surface area (Å²) in [5.41, 5.74) is 7.05. The number of benzene rings is 1. The predicted octanol–water partition coefficient (Wildman–Crippen LogP) is 0.865. The lowest BCUT2D eigenvalue weighted by molar-refractivity contribution is -0.156. The van der Waals surface area contributed by atoms with Crippen molar-refractivity contribution in [2.24, 2.45) is 11.1 Å².